The van der Waals surface area contributed by atoms with E-state index >= 15 is 0 Å². The average molecular weight is 458 g/mol. The van der Waals surface area contributed by atoms with Gasteiger partial charge in [-0.3, -0.25) is 0 Å². The molecule has 10 heteroatoms. The summed E-state index contributed by atoms with van der Waals surface area (Å²) in [6.45, 7) is 2.66. The molecule has 0 aliphatic carbocycles. The first-order valence-electron chi connectivity index (χ1n) is 10.1. The van der Waals surface area contributed by atoms with E-state index in [9.17, 15) is 18.9 Å². The smallest absolute Gasteiger partial charge is 0.563 e. The summed E-state index contributed by atoms with van der Waals surface area (Å²) in [6.07, 6.45) is 22.2. The second-order valence-corrected chi connectivity index (χ2v) is 8.10. The number of aliphatic hydroxyl groups is 1. The molecule has 1 N–H and O–H groups in total. The van der Waals surface area contributed by atoms with E-state index in [0.717, 1.165) is 6.42 Å². The first-order valence-corrected chi connectivity index (χ1v) is 12.3. The Hall–Kier alpha value is 2.04. The first-order chi connectivity index (χ1) is 12.5. The van der Waals surface area contributed by atoms with Crippen LogP contribution in [0.2, 0.25) is 0 Å². The summed E-state index contributed by atoms with van der Waals surface area (Å²) in [6, 6.07) is 0. The topological polar surface area (TPSA) is 110 Å². The van der Waals surface area contributed by atoms with Gasteiger partial charge in [0, 0.05) is 6.61 Å². The number of unbranched alkanes of at least 4 members (excludes halogenated alkanes) is 15. The van der Waals surface area contributed by atoms with E-state index in [0.29, 0.717) is 6.61 Å². The SMILES string of the molecule is CCCCCCCCCCCCCCCCCCO.O=[P+]([O-])O[P+](=O)[O-].[Na+].[Na+]. The van der Waals surface area contributed by atoms with Crippen molar-refractivity contribution >= 4 is 16.5 Å². The maximum absolute atomic E-state index is 9.24. The van der Waals surface area contributed by atoms with Gasteiger partial charge in [0.1, 0.15) is 4.31 Å². The van der Waals surface area contributed by atoms with Crippen molar-refractivity contribution in [2.75, 3.05) is 6.61 Å². The monoisotopic (exact) mass is 458 g/mol. The van der Waals surface area contributed by atoms with Crippen LogP contribution >= 0.6 is 16.5 Å². The predicted molar refractivity (Wildman–Crippen MR) is 103 cm³/mol. The van der Waals surface area contributed by atoms with Gasteiger partial charge in [-0.05, 0) is 15.6 Å². The molecule has 0 bridgehead atoms. The first kappa shape index (κ1) is 37.4. The van der Waals surface area contributed by atoms with Crippen LogP contribution < -0.4 is 68.9 Å². The minimum Gasteiger partial charge on any atom is -0.563 e. The second-order valence-electron chi connectivity index (χ2n) is 6.56. The third-order valence-corrected chi connectivity index (χ3v) is 5.21. The molecule has 0 aromatic rings. The van der Waals surface area contributed by atoms with Crippen LogP contribution in [0.25, 0.3) is 0 Å². The van der Waals surface area contributed by atoms with Gasteiger partial charge in [0.25, 0.3) is 0 Å². The number of rotatable bonds is 18. The Kier molecular flexibility index (Phi) is 44.9. The van der Waals surface area contributed by atoms with Crippen LogP contribution in [0.4, 0.5) is 0 Å². The molecular weight excluding hydrogens is 420 g/mol. The Bertz CT molecular complexity index is 298. The molecule has 6 nitrogen and oxygen atoms in total. The molecule has 0 amide bonds. The van der Waals surface area contributed by atoms with Gasteiger partial charge in [-0.1, -0.05) is 103 Å². The molecule has 0 aliphatic heterocycles. The van der Waals surface area contributed by atoms with Gasteiger partial charge in [0.2, 0.25) is 0 Å². The molecule has 2 unspecified atom stereocenters. The molecule has 0 spiro atoms. The number of aliphatic hydroxyl groups excluding tert-OH is 1. The summed E-state index contributed by atoms with van der Waals surface area (Å²) in [5.41, 5.74) is 0. The van der Waals surface area contributed by atoms with E-state index < -0.39 is 16.5 Å². The fraction of sp³-hybridized carbons (Fsp3) is 1.00. The van der Waals surface area contributed by atoms with Gasteiger partial charge >= 0.3 is 75.6 Å². The maximum Gasteiger partial charge on any atom is 1.00 e. The summed E-state index contributed by atoms with van der Waals surface area (Å²) in [5.74, 6) is 0. The zero-order chi connectivity index (χ0) is 19.9. The Morgan fingerprint density at radius 1 is 0.607 bits per heavy atom. The Balaban J connectivity index is -0.000000274. The molecule has 0 aromatic carbocycles. The van der Waals surface area contributed by atoms with Gasteiger partial charge in [-0.25, -0.2) is 0 Å². The number of hydrogen-bond acceptors (Lipinski definition) is 6. The minimum absolute atomic E-state index is 0. The quantitative estimate of drug-likeness (QED) is 0.165. The molecular formula is C18H38Na2O6P2+2. The predicted octanol–water partition coefficient (Wildman–Crippen LogP) is -0.713. The van der Waals surface area contributed by atoms with E-state index in [-0.39, 0.29) is 59.1 Å². The van der Waals surface area contributed by atoms with Crippen LogP contribution in [-0.4, -0.2) is 11.7 Å². The molecule has 0 fully saturated rings. The summed E-state index contributed by atoms with van der Waals surface area (Å²) in [7, 11) is -6.47. The minimum atomic E-state index is -3.24. The maximum atomic E-state index is 9.24. The van der Waals surface area contributed by atoms with Gasteiger partial charge in [-0.2, -0.15) is 0 Å². The van der Waals surface area contributed by atoms with Crippen LogP contribution in [0, 0.1) is 0 Å². The van der Waals surface area contributed by atoms with E-state index in [4.69, 9.17) is 5.11 Å². The summed E-state index contributed by atoms with van der Waals surface area (Å²) in [5, 5.41) is 8.67. The van der Waals surface area contributed by atoms with Crippen molar-refractivity contribution in [3.05, 3.63) is 0 Å². The van der Waals surface area contributed by atoms with Crippen LogP contribution in [0.1, 0.15) is 110 Å². The van der Waals surface area contributed by atoms with Crippen molar-refractivity contribution in [3.63, 3.8) is 0 Å². The zero-order valence-electron chi connectivity index (χ0n) is 18.4. The zero-order valence-corrected chi connectivity index (χ0v) is 24.2. The van der Waals surface area contributed by atoms with Crippen molar-refractivity contribution in [2.45, 2.75) is 110 Å². The normalized spacial score (nSPS) is 10.9. The average Bonchev–Trinajstić information content (AvgIpc) is 2.58. The van der Waals surface area contributed by atoms with Crippen molar-refractivity contribution in [1.29, 1.82) is 0 Å². The molecule has 2 atom stereocenters. The van der Waals surface area contributed by atoms with E-state index in [1.807, 2.05) is 0 Å². The van der Waals surface area contributed by atoms with Crippen LogP contribution in [0.15, 0.2) is 0 Å². The van der Waals surface area contributed by atoms with Crippen molar-refractivity contribution in [3.8, 4) is 0 Å². The molecule has 0 saturated carbocycles. The van der Waals surface area contributed by atoms with E-state index in [1.54, 1.807) is 0 Å². The van der Waals surface area contributed by atoms with E-state index in [1.165, 1.54) is 96.3 Å². The van der Waals surface area contributed by atoms with Crippen molar-refractivity contribution in [2.24, 2.45) is 0 Å². The fourth-order valence-electron chi connectivity index (χ4n) is 2.71. The summed E-state index contributed by atoms with van der Waals surface area (Å²) < 4.78 is 21.6. The third kappa shape index (κ3) is 42.2. The summed E-state index contributed by atoms with van der Waals surface area (Å²) >= 11 is 0. The molecule has 156 valence electrons. The standard InChI is InChI=1S/C18H38O.2Na.O5P2/c1-2-3-4-5-6-7-8-9-10-11-12-13-14-15-16-17-18-19;;;1-6(2)5-7(3)4/h19H,2-18H2,1H3;;;/q;2*+1;. The van der Waals surface area contributed by atoms with Crippen molar-refractivity contribution < 1.29 is 87.4 Å². The molecule has 0 rings (SSSR count). The van der Waals surface area contributed by atoms with Gasteiger partial charge in [-0.15, -0.1) is 0 Å². The molecule has 0 aromatic heterocycles. The Labute approximate surface area is 218 Å². The Morgan fingerprint density at radius 3 is 1.04 bits per heavy atom. The molecule has 0 radical (unpaired) electrons. The largest absolute Gasteiger partial charge is 1.00 e. The van der Waals surface area contributed by atoms with Crippen molar-refractivity contribution in [1.82, 2.24) is 0 Å². The molecule has 0 saturated heterocycles. The van der Waals surface area contributed by atoms with Gasteiger partial charge in [0.05, 0.1) is 0 Å². The third-order valence-electron chi connectivity index (χ3n) is 4.15. The van der Waals surface area contributed by atoms with Crippen LogP contribution in [0.5, 0.6) is 0 Å². The molecule has 0 aliphatic rings. The molecule has 0 heterocycles. The summed E-state index contributed by atoms with van der Waals surface area (Å²) in [4.78, 5) is 18.5. The van der Waals surface area contributed by atoms with Gasteiger partial charge in [0.15, 0.2) is 0 Å². The fourth-order valence-corrected chi connectivity index (χ4v) is 3.15. The molecule has 28 heavy (non-hydrogen) atoms. The number of hydrogen-bond donors (Lipinski definition) is 1. The van der Waals surface area contributed by atoms with Gasteiger partial charge < -0.3 is 14.9 Å². The van der Waals surface area contributed by atoms with Crippen LogP contribution in [0.3, 0.4) is 0 Å². The van der Waals surface area contributed by atoms with Crippen LogP contribution in [-0.2, 0) is 13.4 Å². The van der Waals surface area contributed by atoms with E-state index in [2.05, 4.69) is 11.2 Å². The second kappa shape index (κ2) is 33.7. The Morgan fingerprint density at radius 2 is 0.857 bits per heavy atom.